The minimum absolute atomic E-state index is 0.454. The maximum atomic E-state index is 5.11. The molecule has 15 heavy (non-hydrogen) atoms. The fourth-order valence-corrected chi connectivity index (χ4v) is 2.19. The molecule has 0 amide bonds. The van der Waals surface area contributed by atoms with E-state index in [-0.39, 0.29) is 0 Å². The Kier molecular flexibility index (Phi) is 4.61. The molecule has 1 heterocycles. The van der Waals surface area contributed by atoms with Crippen LogP contribution in [0.15, 0.2) is 12.3 Å². The van der Waals surface area contributed by atoms with Crippen molar-refractivity contribution in [2.24, 2.45) is 0 Å². The summed E-state index contributed by atoms with van der Waals surface area (Å²) in [4.78, 5) is 4.83. The van der Waals surface area contributed by atoms with Crippen molar-refractivity contribution in [2.75, 3.05) is 33.4 Å². The smallest absolute Gasteiger partial charge is 0.0637 e. The first-order valence-corrected chi connectivity index (χ1v) is 5.76. The number of nitrogens with zero attached hydrogens (tertiary/aromatic N) is 2. The Balaban J connectivity index is 2.53. The van der Waals surface area contributed by atoms with Gasteiger partial charge >= 0.3 is 0 Å². The highest BCUT2D eigenvalue weighted by Crippen LogP contribution is 2.20. The average Bonchev–Trinajstić information content (AvgIpc) is 2.20. The maximum Gasteiger partial charge on any atom is 0.0637 e. The van der Waals surface area contributed by atoms with Gasteiger partial charge in [0.2, 0.25) is 0 Å². The first kappa shape index (κ1) is 12.5. The lowest BCUT2D eigenvalue weighted by atomic mass is 10.1. The third-order valence-corrected chi connectivity index (χ3v) is 3.24. The van der Waals surface area contributed by atoms with E-state index in [1.165, 1.54) is 5.70 Å². The average molecular weight is 212 g/mol. The molecule has 0 aliphatic carbocycles. The summed E-state index contributed by atoms with van der Waals surface area (Å²) in [5.74, 6) is 0. The summed E-state index contributed by atoms with van der Waals surface area (Å²) in [5, 5.41) is 0. The van der Waals surface area contributed by atoms with Crippen LogP contribution in [-0.4, -0.2) is 55.2 Å². The van der Waals surface area contributed by atoms with Crippen molar-refractivity contribution in [1.29, 1.82) is 0 Å². The Morgan fingerprint density at radius 3 is 2.67 bits per heavy atom. The first-order valence-electron chi connectivity index (χ1n) is 5.76. The van der Waals surface area contributed by atoms with Gasteiger partial charge in [0.15, 0.2) is 0 Å². The Bertz CT molecular complexity index is 216. The quantitative estimate of drug-likeness (QED) is 0.703. The molecule has 1 rings (SSSR count). The molecule has 0 aromatic rings. The zero-order valence-electron chi connectivity index (χ0n) is 10.5. The van der Waals surface area contributed by atoms with Gasteiger partial charge in [-0.1, -0.05) is 6.58 Å². The molecule has 0 N–H and O–H groups in total. The lowest BCUT2D eigenvalue weighted by Crippen LogP contribution is -2.52. The molecule has 88 valence electrons. The molecule has 0 saturated carbocycles. The maximum absolute atomic E-state index is 5.11. The molecule has 0 aromatic carbocycles. The van der Waals surface area contributed by atoms with Crippen LogP contribution in [0.5, 0.6) is 0 Å². The standard InChI is InChI=1S/C12H24N2O/c1-10(2)14-7-6-13(8-9-15-5)11(3)12(14)4/h10,12H,3,6-9H2,1-2,4-5H3. The molecular formula is C12H24N2O. The number of ether oxygens (including phenoxy) is 1. The summed E-state index contributed by atoms with van der Waals surface area (Å²) >= 11 is 0. The molecule has 0 aromatic heterocycles. The molecule has 0 bridgehead atoms. The van der Waals surface area contributed by atoms with Crippen molar-refractivity contribution in [2.45, 2.75) is 32.9 Å². The van der Waals surface area contributed by atoms with Crippen molar-refractivity contribution in [1.82, 2.24) is 9.80 Å². The van der Waals surface area contributed by atoms with Crippen LogP contribution >= 0.6 is 0 Å². The van der Waals surface area contributed by atoms with Crippen molar-refractivity contribution >= 4 is 0 Å². The molecule has 3 nitrogen and oxygen atoms in total. The van der Waals surface area contributed by atoms with Crippen LogP contribution in [-0.2, 0) is 4.74 Å². The van der Waals surface area contributed by atoms with Gasteiger partial charge in [-0.2, -0.15) is 0 Å². The van der Waals surface area contributed by atoms with Gasteiger partial charge in [0, 0.05) is 44.5 Å². The minimum atomic E-state index is 0.454. The monoisotopic (exact) mass is 212 g/mol. The predicted molar refractivity (Wildman–Crippen MR) is 63.9 cm³/mol. The summed E-state index contributed by atoms with van der Waals surface area (Å²) in [6.45, 7) is 14.9. The predicted octanol–water partition coefficient (Wildman–Crippen LogP) is 1.56. The Labute approximate surface area is 93.7 Å². The Morgan fingerprint density at radius 1 is 1.47 bits per heavy atom. The normalized spacial score (nSPS) is 23.9. The van der Waals surface area contributed by atoms with E-state index in [2.05, 4.69) is 37.1 Å². The third-order valence-electron chi connectivity index (χ3n) is 3.24. The number of hydrogen-bond donors (Lipinski definition) is 0. The fraction of sp³-hybridized carbons (Fsp3) is 0.833. The van der Waals surface area contributed by atoms with Gasteiger partial charge in [-0.25, -0.2) is 0 Å². The van der Waals surface area contributed by atoms with Crippen LogP contribution in [0.3, 0.4) is 0 Å². The summed E-state index contributed by atoms with van der Waals surface area (Å²) in [6.07, 6.45) is 0. The molecule has 1 fully saturated rings. The van der Waals surface area contributed by atoms with Crippen molar-refractivity contribution < 1.29 is 4.74 Å². The Morgan fingerprint density at radius 2 is 2.13 bits per heavy atom. The van der Waals surface area contributed by atoms with Gasteiger partial charge in [-0.05, 0) is 20.8 Å². The summed E-state index contributed by atoms with van der Waals surface area (Å²) in [6, 6.07) is 1.05. The number of piperazine rings is 1. The lowest BCUT2D eigenvalue weighted by molar-refractivity contribution is 0.0822. The number of methoxy groups -OCH3 is 1. The Hall–Kier alpha value is -0.540. The van der Waals surface area contributed by atoms with E-state index in [0.717, 1.165) is 26.2 Å². The molecular weight excluding hydrogens is 188 g/mol. The van der Waals surface area contributed by atoms with Crippen LogP contribution in [0, 0.1) is 0 Å². The third kappa shape index (κ3) is 2.95. The molecule has 3 heteroatoms. The van der Waals surface area contributed by atoms with E-state index in [0.29, 0.717) is 12.1 Å². The fourth-order valence-electron chi connectivity index (χ4n) is 2.19. The molecule has 1 unspecified atom stereocenters. The topological polar surface area (TPSA) is 15.7 Å². The summed E-state index contributed by atoms with van der Waals surface area (Å²) < 4.78 is 5.11. The second kappa shape index (κ2) is 5.52. The molecule has 0 radical (unpaired) electrons. The van der Waals surface area contributed by atoms with Crippen molar-refractivity contribution in [3.8, 4) is 0 Å². The zero-order valence-corrected chi connectivity index (χ0v) is 10.5. The van der Waals surface area contributed by atoms with Crippen LogP contribution < -0.4 is 0 Å². The van der Waals surface area contributed by atoms with E-state index in [1.54, 1.807) is 7.11 Å². The SMILES string of the molecule is C=C1C(C)N(C(C)C)CCN1CCOC. The van der Waals surface area contributed by atoms with Crippen LogP contribution in [0.25, 0.3) is 0 Å². The van der Waals surface area contributed by atoms with E-state index in [1.807, 2.05) is 0 Å². The van der Waals surface area contributed by atoms with Crippen LogP contribution in [0.1, 0.15) is 20.8 Å². The van der Waals surface area contributed by atoms with Crippen LogP contribution in [0.2, 0.25) is 0 Å². The first-order chi connectivity index (χ1) is 7.07. The number of rotatable bonds is 4. The molecule has 0 spiro atoms. The second-order valence-corrected chi connectivity index (χ2v) is 4.48. The van der Waals surface area contributed by atoms with Crippen molar-refractivity contribution in [3.63, 3.8) is 0 Å². The molecule has 1 saturated heterocycles. The van der Waals surface area contributed by atoms with Gasteiger partial charge in [0.05, 0.1) is 6.61 Å². The highest BCUT2D eigenvalue weighted by molar-refractivity contribution is 5.07. The summed E-state index contributed by atoms with van der Waals surface area (Å²) in [7, 11) is 1.75. The highest BCUT2D eigenvalue weighted by Gasteiger charge is 2.27. The molecule has 1 atom stereocenters. The van der Waals surface area contributed by atoms with Gasteiger partial charge in [-0.15, -0.1) is 0 Å². The number of hydrogen-bond acceptors (Lipinski definition) is 3. The van der Waals surface area contributed by atoms with Gasteiger partial charge in [0.25, 0.3) is 0 Å². The van der Waals surface area contributed by atoms with E-state index in [9.17, 15) is 0 Å². The van der Waals surface area contributed by atoms with Gasteiger partial charge < -0.3 is 9.64 Å². The molecule has 1 aliphatic rings. The lowest BCUT2D eigenvalue weighted by Gasteiger charge is -2.44. The van der Waals surface area contributed by atoms with Gasteiger partial charge in [-0.3, -0.25) is 4.90 Å². The summed E-state index contributed by atoms with van der Waals surface area (Å²) in [5.41, 5.74) is 1.23. The highest BCUT2D eigenvalue weighted by atomic mass is 16.5. The minimum Gasteiger partial charge on any atom is -0.383 e. The van der Waals surface area contributed by atoms with Crippen molar-refractivity contribution in [3.05, 3.63) is 12.3 Å². The zero-order chi connectivity index (χ0) is 11.4. The molecule has 1 aliphatic heterocycles. The largest absolute Gasteiger partial charge is 0.383 e. The van der Waals surface area contributed by atoms with E-state index >= 15 is 0 Å². The van der Waals surface area contributed by atoms with Gasteiger partial charge in [0.1, 0.15) is 0 Å². The van der Waals surface area contributed by atoms with Crippen LogP contribution in [0.4, 0.5) is 0 Å². The second-order valence-electron chi connectivity index (χ2n) is 4.48. The van der Waals surface area contributed by atoms with E-state index in [4.69, 9.17) is 4.74 Å². The van der Waals surface area contributed by atoms with E-state index < -0.39 is 0 Å².